The summed E-state index contributed by atoms with van der Waals surface area (Å²) in [6, 6.07) is 7.78. The highest BCUT2D eigenvalue weighted by atomic mass is 79.9. The summed E-state index contributed by atoms with van der Waals surface area (Å²) in [5.41, 5.74) is 1.02. The molecule has 0 unspecified atom stereocenters. The van der Waals surface area contributed by atoms with Gasteiger partial charge in [0.25, 0.3) is 0 Å². The second-order valence-corrected chi connectivity index (χ2v) is 4.92. The highest BCUT2D eigenvalue weighted by Gasteiger charge is 2.18. The maximum atomic E-state index is 12.1. The molecule has 20 heavy (non-hydrogen) atoms. The van der Waals surface area contributed by atoms with E-state index in [-0.39, 0.29) is 5.97 Å². The highest BCUT2D eigenvalue weighted by Crippen LogP contribution is 2.29. The molecule has 1 heterocycles. The zero-order valence-corrected chi connectivity index (χ0v) is 12.9. The van der Waals surface area contributed by atoms with E-state index < -0.39 is 0 Å². The molecular weight excluding hydrogens is 320 g/mol. The zero-order chi connectivity index (χ0) is 14.5. The molecule has 1 N–H and O–H groups in total. The van der Waals surface area contributed by atoms with Gasteiger partial charge in [0, 0.05) is 29.3 Å². The van der Waals surface area contributed by atoms with Gasteiger partial charge in [0.1, 0.15) is 5.57 Å². The number of nitrogens with zero attached hydrogens (tertiary/aromatic N) is 1. The lowest BCUT2D eigenvalue weighted by atomic mass is 10.0. The van der Waals surface area contributed by atoms with Gasteiger partial charge < -0.3 is 10.1 Å². The van der Waals surface area contributed by atoms with Crippen molar-refractivity contribution in [3.63, 3.8) is 0 Å². The number of aromatic nitrogens is 1. The Morgan fingerprint density at radius 1 is 1.40 bits per heavy atom. The fraction of sp³-hybridized carbons (Fsp3) is 0.200. The predicted octanol–water partition coefficient (Wildman–Crippen LogP) is 3.12. The molecule has 5 heteroatoms. The van der Waals surface area contributed by atoms with Crippen molar-refractivity contribution < 1.29 is 9.53 Å². The van der Waals surface area contributed by atoms with Gasteiger partial charge in [0.05, 0.1) is 12.3 Å². The fourth-order valence-corrected chi connectivity index (χ4v) is 2.40. The van der Waals surface area contributed by atoms with E-state index in [9.17, 15) is 4.79 Å². The molecule has 0 radical (unpaired) electrons. The minimum Gasteiger partial charge on any atom is -0.462 e. The molecule has 1 aromatic carbocycles. The third-order valence-electron chi connectivity index (χ3n) is 2.79. The highest BCUT2D eigenvalue weighted by molar-refractivity contribution is 9.10. The Balaban J connectivity index is 2.63. The van der Waals surface area contributed by atoms with Crippen LogP contribution in [0, 0.1) is 0 Å². The third kappa shape index (κ3) is 2.82. The summed E-state index contributed by atoms with van der Waals surface area (Å²) in [6.45, 7) is 2.11. The molecule has 0 saturated carbocycles. The van der Waals surface area contributed by atoms with Gasteiger partial charge in [0.2, 0.25) is 0 Å². The van der Waals surface area contributed by atoms with Crippen molar-refractivity contribution in [3.8, 4) is 0 Å². The number of benzene rings is 1. The number of esters is 1. The molecule has 0 aliphatic carbocycles. The first-order valence-corrected chi connectivity index (χ1v) is 7.06. The molecule has 104 valence electrons. The summed E-state index contributed by atoms with van der Waals surface area (Å²) < 4.78 is 5.98. The molecule has 0 aliphatic rings. The molecule has 0 atom stereocenters. The summed E-state index contributed by atoms with van der Waals surface area (Å²) in [7, 11) is 1.74. The number of rotatable bonds is 4. The Labute approximate surface area is 126 Å². The van der Waals surface area contributed by atoms with Crippen molar-refractivity contribution in [3.05, 3.63) is 46.8 Å². The SMILES string of the molecule is CCOC(=O)/C(=C\NC)c1ncc(Br)c2ccccc12. The standard InChI is InChI=1S/C15H15BrN2O2/c1-3-20-15(19)12(8-17-2)14-11-7-5-4-6-10(11)13(16)9-18-14/h4-9,17H,3H2,1-2H3/b12-8-. The molecule has 1 aromatic heterocycles. The summed E-state index contributed by atoms with van der Waals surface area (Å²) in [6.07, 6.45) is 3.31. The number of nitrogens with one attached hydrogen (secondary N) is 1. The Hall–Kier alpha value is -1.88. The fourth-order valence-electron chi connectivity index (χ4n) is 1.95. The topological polar surface area (TPSA) is 51.2 Å². The largest absolute Gasteiger partial charge is 0.462 e. The van der Waals surface area contributed by atoms with Crippen LogP contribution in [0.1, 0.15) is 12.6 Å². The van der Waals surface area contributed by atoms with Crippen LogP contribution in [0.4, 0.5) is 0 Å². The van der Waals surface area contributed by atoms with Crippen LogP contribution in [0.3, 0.4) is 0 Å². The van der Waals surface area contributed by atoms with Crippen molar-refractivity contribution in [1.29, 1.82) is 0 Å². The average molecular weight is 335 g/mol. The lowest BCUT2D eigenvalue weighted by Crippen LogP contribution is -2.11. The first-order chi connectivity index (χ1) is 9.69. The van der Waals surface area contributed by atoms with Crippen molar-refractivity contribution in [1.82, 2.24) is 10.3 Å². The number of halogens is 1. The molecule has 2 rings (SSSR count). The number of fused-ring (bicyclic) bond motifs is 1. The van der Waals surface area contributed by atoms with Crippen LogP contribution in [-0.4, -0.2) is 24.6 Å². The molecule has 0 aliphatic heterocycles. The number of ether oxygens (including phenoxy) is 1. The predicted molar refractivity (Wildman–Crippen MR) is 83.1 cm³/mol. The van der Waals surface area contributed by atoms with Gasteiger partial charge in [-0.05, 0) is 28.2 Å². The van der Waals surface area contributed by atoms with Crippen LogP contribution >= 0.6 is 15.9 Å². The van der Waals surface area contributed by atoms with E-state index in [2.05, 4.69) is 26.2 Å². The summed E-state index contributed by atoms with van der Waals surface area (Å²) in [5.74, 6) is -0.387. The summed E-state index contributed by atoms with van der Waals surface area (Å²) in [4.78, 5) is 16.5. The first kappa shape index (κ1) is 14.5. The number of carbonyl (C=O) groups excluding carboxylic acids is 1. The van der Waals surface area contributed by atoms with Gasteiger partial charge in [-0.1, -0.05) is 24.3 Å². The third-order valence-corrected chi connectivity index (χ3v) is 3.42. The van der Waals surface area contributed by atoms with E-state index in [0.29, 0.717) is 17.9 Å². The van der Waals surface area contributed by atoms with Gasteiger partial charge in [-0.2, -0.15) is 0 Å². The minimum absolute atomic E-state index is 0.328. The second-order valence-electron chi connectivity index (χ2n) is 4.07. The van der Waals surface area contributed by atoms with E-state index in [1.165, 1.54) is 0 Å². The number of pyridine rings is 1. The number of hydrogen-bond acceptors (Lipinski definition) is 4. The van der Waals surface area contributed by atoms with Crippen molar-refractivity contribution in [2.75, 3.05) is 13.7 Å². The molecule has 0 spiro atoms. The first-order valence-electron chi connectivity index (χ1n) is 6.27. The monoisotopic (exact) mass is 334 g/mol. The van der Waals surface area contributed by atoms with Crippen LogP contribution in [-0.2, 0) is 9.53 Å². The smallest absolute Gasteiger partial charge is 0.341 e. The molecule has 0 fully saturated rings. The lowest BCUT2D eigenvalue weighted by Gasteiger charge is -2.10. The van der Waals surface area contributed by atoms with E-state index in [1.807, 2.05) is 24.3 Å². The number of hydrogen-bond donors (Lipinski definition) is 1. The summed E-state index contributed by atoms with van der Waals surface area (Å²) >= 11 is 3.47. The minimum atomic E-state index is -0.387. The Morgan fingerprint density at radius 3 is 2.75 bits per heavy atom. The maximum Gasteiger partial charge on any atom is 0.341 e. The van der Waals surface area contributed by atoms with Gasteiger partial charge >= 0.3 is 5.97 Å². The Bertz CT molecular complexity index is 668. The van der Waals surface area contributed by atoms with E-state index in [1.54, 1.807) is 26.4 Å². The van der Waals surface area contributed by atoms with Crippen molar-refractivity contribution in [2.45, 2.75) is 6.92 Å². The van der Waals surface area contributed by atoms with Gasteiger partial charge in [-0.3, -0.25) is 4.98 Å². The van der Waals surface area contributed by atoms with Crippen LogP contribution in [0.15, 0.2) is 41.1 Å². The van der Waals surface area contributed by atoms with Crippen LogP contribution in [0.2, 0.25) is 0 Å². The van der Waals surface area contributed by atoms with Crippen LogP contribution in [0.25, 0.3) is 16.3 Å². The normalized spacial score (nSPS) is 11.4. The zero-order valence-electron chi connectivity index (χ0n) is 11.3. The number of carbonyl (C=O) groups is 1. The second kappa shape index (κ2) is 6.52. The van der Waals surface area contributed by atoms with Crippen molar-refractivity contribution in [2.24, 2.45) is 0 Å². The van der Waals surface area contributed by atoms with Gasteiger partial charge in [0.15, 0.2) is 0 Å². The molecule has 0 bridgehead atoms. The Kier molecular flexibility index (Phi) is 4.74. The Morgan fingerprint density at radius 2 is 2.10 bits per heavy atom. The van der Waals surface area contributed by atoms with E-state index in [0.717, 1.165) is 15.2 Å². The lowest BCUT2D eigenvalue weighted by molar-refractivity contribution is -0.136. The van der Waals surface area contributed by atoms with Crippen LogP contribution < -0.4 is 5.32 Å². The molecule has 4 nitrogen and oxygen atoms in total. The van der Waals surface area contributed by atoms with E-state index in [4.69, 9.17) is 4.74 Å². The van der Waals surface area contributed by atoms with Crippen molar-refractivity contribution >= 4 is 38.2 Å². The summed E-state index contributed by atoms with van der Waals surface area (Å²) in [5, 5.41) is 4.77. The molecule has 2 aromatic rings. The quantitative estimate of drug-likeness (QED) is 0.689. The molecular formula is C15H15BrN2O2. The molecule has 0 saturated heterocycles. The van der Waals surface area contributed by atoms with E-state index >= 15 is 0 Å². The maximum absolute atomic E-state index is 12.1. The van der Waals surface area contributed by atoms with Gasteiger partial charge in [-0.15, -0.1) is 0 Å². The van der Waals surface area contributed by atoms with Crippen LogP contribution in [0.5, 0.6) is 0 Å². The average Bonchev–Trinajstić information content (AvgIpc) is 2.46. The van der Waals surface area contributed by atoms with Gasteiger partial charge in [-0.25, -0.2) is 4.79 Å². The molecule has 0 amide bonds.